The maximum Gasteiger partial charge on any atom is 0.288 e. The first kappa shape index (κ1) is 24.6. The first-order chi connectivity index (χ1) is 15.1. The Morgan fingerprint density at radius 1 is 1.12 bits per heavy atom. The molecule has 0 aliphatic heterocycles. The molecule has 0 spiro atoms. The van der Waals surface area contributed by atoms with Crippen LogP contribution in [0, 0.1) is 10.1 Å². The Bertz CT molecular complexity index is 1010. The van der Waals surface area contributed by atoms with Crippen molar-refractivity contribution in [1.82, 2.24) is 10.2 Å². The summed E-state index contributed by atoms with van der Waals surface area (Å²) in [6.07, 6.45) is 0. The molecule has 0 radical (unpaired) electrons. The lowest BCUT2D eigenvalue weighted by atomic mass is 10.1. The summed E-state index contributed by atoms with van der Waals surface area (Å²) in [7, 11) is 1.53. The van der Waals surface area contributed by atoms with E-state index in [1.165, 1.54) is 24.1 Å². The average molecular weight is 463 g/mol. The van der Waals surface area contributed by atoms with Crippen LogP contribution in [0.1, 0.15) is 24.2 Å². The van der Waals surface area contributed by atoms with E-state index in [9.17, 15) is 24.5 Å². The van der Waals surface area contributed by atoms with E-state index < -0.39 is 28.3 Å². The number of nitrogens with zero attached hydrogens (tertiary/aromatic N) is 2. The molecule has 0 atom stereocenters. The number of amides is 3. The van der Waals surface area contributed by atoms with Crippen molar-refractivity contribution in [2.45, 2.75) is 19.9 Å². The molecule has 2 aromatic rings. The summed E-state index contributed by atoms with van der Waals surface area (Å²) in [6.45, 7) is 2.78. The SMILES string of the molecule is COc1ccc(NC(=O)CNC(=O)CN(C(=O)c2ccc(Cl)c([N+](=O)[O-])c2)C(C)C)cc1. The maximum absolute atomic E-state index is 12.8. The first-order valence-electron chi connectivity index (χ1n) is 9.58. The van der Waals surface area contributed by atoms with Gasteiger partial charge in [0.15, 0.2) is 0 Å². The topological polar surface area (TPSA) is 131 Å². The van der Waals surface area contributed by atoms with Gasteiger partial charge in [-0.1, -0.05) is 11.6 Å². The number of nitrogens with one attached hydrogen (secondary N) is 2. The normalized spacial score (nSPS) is 10.4. The lowest BCUT2D eigenvalue weighted by Crippen LogP contribution is -2.45. The summed E-state index contributed by atoms with van der Waals surface area (Å²) in [5.74, 6) is -0.932. The summed E-state index contributed by atoms with van der Waals surface area (Å²) in [5, 5.41) is 16.1. The third-order valence-electron chi connectivity index (χ3n) is 4.41. The van der Waals surface area contributed by atoms with Crippen molar-refractivity contribution in [3.05, 3.63) is 63.2 Å². The summed E-state index contributed by atoms with van der Waals surface area (Å²) < 4.78 is 5.04. The van der Waals surface area contributed by atoms with E-state index in [1.807, 2.05) is 0 Å². The van der Waals surface area contributed by atoms with Crippen molar-refractivity contribution in [2.75, 3.05) is 25.5 Å². The molecule has 0 saturated heterocycles. The highest BCUT2D eigenvalue weighted by Crippen LogP contribution is 2.26. The fourth-order valence-corrected chi connectivity index (χ4v) is 2.90. The molecule has 0 saturated carbocycles. The molecule has 32 heavy (non-hydrogen) atoms. The number of nitro groups is 1. The maximum atomic E-state index is 12.8. The Labute approximate surface area is 189 Å². The quantitative estimate of drug-likeness (QED) is 0.435. The van der Waals surface area contributed by atoms with Gasteiger partial charge >= 0.3 is 0 Å². The van der Waals surface area contributed by atoms with Gasteiger partial charge in [0.1, 0.15) is 17.3 Å². The Balaban J connectivity index is 1.97. The van der Waals surface area contributed by atoms with E-state index in [0.717, 1.165) is 6.07 Å². The number of ether oxygens (including phenoxy) is 1. The minimum Gasteiger partial charge on any atom is -0.497 e. The van der Waals surface area contributed by atoms with Crippen LogP contribution in [0.3, 0.4) is 0 Å². The fourth-order valence-electron chi connectivity index (χ4n) is 2.71. The van der Waals surface area contributed by atoms with Crippen molar-refractivity contribution in [1.29, 1.82) is 0 Å². The van der Waals surface area contributed by atoms with Crippen molar-refractivity contribution in [3.63, 3.8) is 0 Å². The number of rotatable bonds is 9. The Hall–Kier alpha value is -3.66. The van der Waals surface area contributed by atoms with Gasteiger partial charge in [0, 0.05) is 23.4 Å². The predicted octanol–water partition coefficient (Wildman–Crippen LogP) is 2.86. The summed E-state index contributed by atoms with van der Waals surface area (Å²) in [5.41, 5.74) is 0.161. The van der Waals surface area contributed by atoms with Crippen LogP contribution in [0.5, 0.6) is 5.75 Å². The molecule has 0 fully saturated rings. The van der Waals surface area contributed by atoms with Crippen LogP contribution in [0.25, 0.3) is 0 Å². The molecule has 10 nitrogen and oxygen atoms in total. The third kappa shape index (κ3) is 6.67. The smallest absolute Gasteiger partial charge is 0.288 e. The molecule has 3 amide bonds. The number of methoxy groups -OCH3 is 1. The molecule has 0 aliphatic carbocycles. The lowest BCUT2D eigenvalue weighted by Gasteiger charge is -2.26. The number of halogens is 1. The molecule has 2 N–H and O–H groups in total. The summed E-state index contributed by atoms with van der Waals surface area (Å²) in [4.78, 5) is 48.9. The van der Waals surface area contributed by atoms with Crippen molar-refractivity contribution in [3.8, 4) is 5.75 Å². The van der Waals surface area contributed by atoms with E-state index >= 15 is 0 Å². The second kappa shape index (κ2) is 11.1. The van der Waals surface area contributed by atoms with Crippen LogP contribution >= 0.6 is 11.6 Å². The van der Waals surface area contributed by atoms with E-state index in [0.29, 0.717) is 11.4 Å². The number of hydrogen-bond donors (Lipinski definition) is 2. The van der Waals surface area contributed by atoms with Gasteiger partial charge in [-0.3, -0.25) is 24.5 Å². The monoisotopic (exact) mass is 462 g/mol. The second-order valence-corrected chi connectivity index (χ2v) is 7.41. The van der Waals surface area contributed by atoms with Crippen LogP contribution in [-0.2, 0) is 9.59 Å². The van der Waals surface area contributed by atoms with Crippen LogP contribution in [0.15, 0.2) is 42.5 Å². The number of nitro benzene ring substituents is 1. The highest BCUT2D eigenvalue weighted by molar-refractivity contribution is 6.32. The second-order valence-electron chi connectivity index (χ2n) is 7.00. The minimum atomic E-state index is -0.688. The van der Waals surface area contributed by atoms with Crippen molar-refractivity contribution < 1.29 is 24.0 Å². The average Bonchev–Trinajstić information content (AvgIpc) is 2.76. The van der Waals surface area contributed by atoms with E-state index in [1.54, 1.807) is 38.1 Å². The molecule has 170 valence electrons. The zero-order chi connectivity index (χ0) is 23.8. The number of carbonyl (C=O) groups excluding carboxylic acids is 3. The highest BCUT2D eigenvalue weighted by Gasteiger charge is 2.24. The Kier molecular flexibility index (Phi) is 8.54. The van der Waals surface area contributed by atoms with E-state index in [4.69, 9.17) is 16.3 Å². The van der Waals surface area contributed by atoms with Gasteiger partial charge in [0.05, 0.1) is 18.6 Å². The number of hydrogen-bond acceptors (Lipinski definition) is 6. The van der Waals surface area contributed by atoms with Crippen LogP contribution in [-0.4, -0.2) is 53.8 Å². The molecular formula is C21H23ClN4O6. The zero-order valence-electron chi connectivity index (χ0n) is 17.8. The number of anilines is 1. The first-order valence-corrected chi connectivity index (χ1v) is 9.95. The number of carbonyl (C=O) groups is 3. The van der Waals surface area contributed by atoms with Gasteiger partial charge in [-0.15, -0.1) is 0 Å². The van der Waals surface area contributed by atoms with Crippen LogP contribution < -0.4 is 15.4 Å². The van der Waals surface area contributed by atoms with E-state index in [2.05, 4.69) is 10.6 Å². The predicted molar refractivity (Wildman–Crippen MR) is 119 cm³/mol. The zero-order valence-corrected chi connectivity index (χ0v) is 18.5. The van der Waals surface area contributed by atoms with Gasteiger partial charge in [0.2, 0.25) is 11.8 Å². The van der Waals surface area contributed by atoms with Crippen molar-refractivity contribution >= 4 is 40.7 Å². The lowest BCUT2D eigenvalue weighted by molar-refractivity contribution is -0.384. The van der Waals surface area contributed by atoms with Gasteiger partial charge in [-0.2, -0.15) is 0 Å². The summed E-state index contributed by atoms with van der Waals surface area (Å²) >= 11 is 5.79. The van der Waals surface area contributed by atoms with Crippen molar-refractivity contribution in [2.24, 2.45) is 0 Å². The Morgan fingerprint density at radius 3 is 2.34 bits per heavy atom. The molecule has 2 rings (SSSR count). The van der Waals surface area contributed by atoms with Crippen LogP contribution in [0.4, 0.5) is 11.4 Å². The largest absolute Gasteiger partial charge is 0.497 e. The molecule has 0 aliphatic rings. The van der Waals surface area contributed by atoms with Gasteiger partial charge < -0.3 is 20.3 Å². The molecule has 0 unspecified atom stereocenters. The standard InChI is InChI=1S/C21H23ClN4O6/c1-13(2)25(21(29)14-4-9-17(22)18(10-14)26(30)31)12-20(28)23-11-19(27)24-15-5-7-16(32-3)8-6-15/h4-10,13H,11-12H2,1-3H3,(H,23,28)(H,24,27). The minimum absolute atomic E-state index is 0.0276. The molecular weight excluding hydrogens is 440 g/mol. The number of benzene rings is 2. The Morgan fingerprint density at radius 2 is 1.78 bits per heavy atom. The van der Waals surface area contributed by atoms with Crippen LogP contribution in [0.2, 0.25) is 5.02 Å². The fraction of sp³-hybridized carbons (Fsp3) is 0.286. The third-order valence-corrected chi connectivity index (χ3v) is 4.73. The molecule has 2 aromatic carbocycles. The summed E-state index contributed by atoms with van der Waals surface area (Å²) in [6, 6.07) is 9.98. The van der Waals surface area contributed by atoms with Gasteiger partial charge in [-0.05, 0) is 50.2 Å². The van der Waals surface area contributed by atoms with Gasteiger partial charge in [-0.25, -0.2) is 0 Å². The molecule has 11 heteroatoms. The molecule has 0 aromatic heterocycles. The van der Waals surface area contributed by atoms with Gasteiger partial charge in [0.25, 0.3) is 11.6 Å². The molecule has 0 heterocycles. The van der Waals surface area contributed by atoms with E-state index in [-0.39, 0.29) is 29.7 Å². The molecule has 0 bridgehead atoms. The highest BCUT2D eigenvalue weighted by atomic mass is 35.5.